The number of ether oxygens (including phenoxy) is 2. The zero-order valence-electron chi connectivity index (χ0n) is 19.4. The number of aromatic amines is 1. The maximum absolute atomic E-state index is 13.2. The number of aryl methyl sites for hydroxylation is 1. The fourth-order valence-electron chi connectivity index (χ4n) is 3.72. The van der Waals surface area contributed by atoms with Crippen LogP contribution in [0.2, 0.25) is 0 Å². The number of aromatic nitrogens is 1. The monoisotopic (exact) mass is 462 g/mol. The highest BCUT2D eigenvalue weighted by Gasteiger charge is 2.27. The van der Waals surface area contributed by atoms with Gasteiger partial charge in [0.05, 0.1) is 0 Å². The molecule has 2 N–H and O–H groups in total. The highest BCUT2D eigenvalue weighted by atomic mass is 16.6. The third kappa shape index (κ3) is 5.28. The SMILES string of the molecule is Cc1cc(=O)oc2cc(OC(=O)[C@@H](Cc3c[nH]c4ccccc34)NC(=O)OC(C)(C)C)ccc12. The van der Waals surface area contributed by atoms with Crippen molar-refractivity contribution in [3.8, 4) is 5.75 Å². The van der Waals surface area contributed by atoms with Crippen molar-refractivity contribution in [3.05, 3.63) is 76.3 Å². The van der Waals surface area contributed by atoms with E-state index in [2.05, 4.69) is 10.3 Å². The van der Waals surface area contributed by atoms with E-state index in [1.807, 2.05) is 24.3 Å². The topological polar surface area (TPSA) is 111 Å². The number of amides is 1. The number of alkyl carbamates (subject to hydrolysis) is 1. The van der Waals surface area contributed by atoms with Crippen molar-refractivity contribution in [2.24, 2.45) is 0 Å². The van der Waals surface area contributed by atoms with Crippen LogP contribution in [0.3, 0.4) is 0 Å². The highest BCUT2D eigenvalue weighted by Crippen LogP contribution is 2.24. The molecule has 0 fully saturated rings. The first-order chi connectivity index (χ1) is 16.1. The maximum atomic E-state index is 13.2. The van der Waals surface area contributed by atoms with Crippen molar-refractivity contribution in [1.82, 2.24) is 10.3 Å². The quantitative estimate of drug-likeness (QED) is 0.254. The Morgan fingerprint density at radius 1 is 1.09 bits per heavy atom. The molecule has 34 heavy (non-hydrogen) atoms. The van der Waals surface area contributed by atoms with Gasteiger partial charge in [-0.3, -0.25) is 0 Å². The fourth-order valence-corrected chi connectivity index (χ4v) is 3.72. The summed E-state index contributed by atoms with van der Waals surface area (Å²) in [5, 5.41) is 4.31. The number of H-pyrrole nitrogens is 1. The molecule has 0 aliphatic rings. The van der Waals surface area contributed by atoms with E-state index in [1.165, 1.54) is 12.1 Å². The van der Waals surface area contributed by atoms with E-state index in [9.17, 15) is 14.4 Å². The summed E-state index contributed by atoms with van der Waals surface area (Å²) in [6.07, 6.45) is 1.26. The number of rotatable bonds is 5. The fraction of sp³-hybridized carbons (Fsp3) is 0.269. The highest BCUT2D eigenvalue weighted by molar-refractivity contribution is 5.88. The van der Waals surface area contributed by atoms with Crippen LogP contribution in [0.1, 0.15) is 31.9 Å². The molecule has 0 radical (unpaired) electrons. The number of hydrogen-bond acceptors (Lipinski definition) is 6. The van der Waals surface area contributed by atoms with Gasteiger partial charge in [-0.05, 0) is 57.0 Å². The number of para-hydroxylation sites is 1. The molecule has 176 valence electrons. The second-order valence-corrected chi connectivity index (χ2v) is 9.09. The number of esters is 1. The molecular formula is C26H26N2O6. The first-order valence-corrected chi connectivity index (χ1v) is 10.9. The molecule has 8 heteroatoms. The molecule has 0 bridgehead atoms. The molecule has 4 aromatic rings. The largest absolute Gasteiger partial charge is 0.444 e. The molecule has 1 amide bonds. The Labute approximate surface area is 195 Å². The Balaban J connectivity index is 1.60. The van der Waals surface area contributed by atoms with Crippen LogP contribution in [0.25, 0.3) is 21.9 Å². The van der Waals surface area contributed by atoms with Gasteiger partial charge in [0.1, 0.15) is 23.0 Å². The number of hydrogen-bond donors (Lipinski definition) is 2. The zero-order chi connectivity index (χ0) is 24.5. The van der Waals surface area contributed by atoms with Gasteiger partial charge in [0.2, 0.25) is 0 Å². The minimum atomic E-state index is -1.02. The summed E-state index contributed by atoms with van der Waals surface area (Å²) in [4.78, 5) is 40.5. The van der Waals surface area contributed by atoms with Gasteiger partial charge in [0.15, 0.2) is 0 Å². The molecule has 0 aliphatic carbocycles. The lowest BCUT2D eigenvalue weighted by molar-refractivity contribution is -0.136. The Bertz CT molecular complexity index is 1430. The summed E-state index contributed by atoms with van der Waals surface area (Å²) in [7, 11) is 0. The van der Waals surface area contributed by atoms with Crippen molar-refractivity contribution in [1.29, 1.82) is 0 Å². The Morgan fingerprint density at radius 2 is 1.85 bits per heavy atom. The van der Waals surface area contributed by atoms with Crippen LogP contribution in [0.15, 0.2) is 63.9 Å². The van der Waals surface area contributed by atoms with Gasteiger partial charge in [-0.2, -0.15) is 0 Å². The molecule has 2 aromatic carbocycles. The van der Waals surface area contributed by atoms with E-state index in [1.54, 1.807) is 46.0 Å². The molecule has 0 unspecified atom stereocenters. The Kier molecular flexibility index (Phi) is 6.15. The van der Waals surface area contributed by atoms with Gasteiger partial charge in [0.25, 0.3) is 0 Å². The summed E-state index contributed by atoms with van der Waals surface area (Å²) in [5.41, 5.74) is 1.61. The van der Waals surface area contributed by atoms with Gasteiger partial charge in [-0.15, -0.1) is 0 Å². The molecule has 2 heterocycles. The standard InChI is InChI=1S/C26H26N2O6/c1-15-11-23(29)33-22-13-17(9-10-18(15)22)32-24(30)21(28-25(31)34-26(2,3)4)12-16-14-27-20-8-6-5-7-19(16)20/h5-11,13-14,21,27H,12H2,1-4H3,(H,28,31)/t21-/m1/s1. The molecule has 4 rings (SSSR count). The minimum Gasteiger partial charge on any atom is -0.444 e. The van der Waals surface area contributed by atoms with Crippen molar-refractivity contribution in [2.75, 3.05) is 0 Å². The third-order valence-electron chi connectivity index (χ3n) is 5.22. The van der Waals surface area contributed by atoms with Crippen LogP contribution in [0.4, 0.5) is 4.79 Å². The Hall–Kier alpha value is -4.07. The molecule has 1 atom stereocenters. The summed E-state index contributed by atoms with van der Waals surface area (Å²) < 4.78 is 16.2. The normalized spacial score (nSPS) is 12.5. The van der Waals surface area contributed by atoms with E-state index in [-0.39, 0.29) is 12.2 Å². The third-order valence-corrected chi connectivity index (χ3v) is 5.22. The molecule has 0 saturated carbocycles. The van der Waals surface area contributed by atoms with Crippen molar-refractivity contribution < 1.29 is 23.5 Å². The van der Waals surface area contributed by atoms with Crippen molar-refractivity contribution >= 4 is 33.9 Å². The first-order valence-electron chi connectivity index (χ1n) is 10.9. The van der Waals surface area contributed by atoms with Gasteiger partial charge in [-0.25, -0.2) is 14.4 Å². The number of carbonyl (C=O) groups is 2. The molecule has 8 nitrogen and oxygen atoms in total. The average Bonchev–Trinajstić information content (AvgIpc) is 3.14. The van der Waals surface area contributed by atoms with Gasteiger partial charge in [-0.1, -0.05) is 18.2 Å². The average molecular weight is 463 g/mol. The first kappa shape index (κ1) is 23.1. The van der Waals surface area contributed by atoms with E-state index in [0.29, 0.717) is 5.58 Å². The van der Waals surface area contributed by atoms with Crippen LogP contribution in [0.5, 0.6) is 5.75 Å². The maximum Gasteiger partial charge on any atom is 0.408 e. The van der Waals surface area contributed by atoms with E-state index in [0.717, 1.165) is 27.4 Å². The lowest BCUT2D eigenvalue weighted by Gasteiger charge is -2.23. The lowest BCUT2D eigenvalue weighted by atomic mass is 10.1. The minimum absolute atomic E-state index is 0.184. The Morgan fingerprint density at radius 3 is 2.62 bits per heavy atom. The van der Waals surface area contributed by atoms with Crippen LogP contribution in [-0.4, -0.2) is 28.7 Å². The van der Waals surface area contributed by atoms with E-state index < -0.39 is 29.3 Å². The predicted octanol–water partition coefficient (Wildman–Crippen LogP) is 4.62. The molecule has 0 aliphatic heterocycles. The summed E-state index contributed by atoms with van der Waals surface area (Å²) in [6, 6.07) is 12.9. The smallest absolute Gasteiger partial charge is 0.408 e. The van der Waals surface area contributed by atoms with Crippen molar-refractivity contribution in [2.45, 2.75) is 45.8 Å². The van der Waals surface area contributed by atoms with Crippen LogP contribution >= 0.6 is 0 Å². The summed E-state index contributed by atoms with van der Waals surface area (Å²) in [5.74, 6) is -0.480. The number of benzene rings is 2. The molecular weight excluding hydrogens is 436 g/mol. The second-order valence-electron chi connectivity index (χ2n) is 9.09. The summed E-state index contributed by atoms with van der Waals surface area (Å²) in [6.45, 7) is 7.02. The zero-order valence-corrected chi connectivity index (χ0v) is 19.4. The second kappa shape index (κ2) is 9.05. The molecule has 0 spiro atoms. The van der Waals surface area contributed by atoms with Crippen LogP contribution in [0, 0.1) is 6.92 Å². The lowest BCUT2D eigenvalue weighted by Crippen LogP contribution is -2.46. The number of nitrogens with one attached hydrogen (secondary N) is 2. The van der Waals surface area contributed by atoms with Crippen LogP contribution in [-0.2, 0) is 16.0 Å². The molecule has 0 saturated heterocycles. The molecule has 2 aromatic heterocycles. The van der Waals surface area contributed by atoms with E-state index >= 15 is 0 Å². The van der Waals surface area contributed by atoms with Gasteiger partial charge in [0, 0.05) is 41.0 Å². The van der Waals surface area contributed by atoms with Gasteiger partial charge >= 0.3 is 17.7 Å². The predicted molar refractivity (Wildman–Crippen MR) is 128 cm³/mol. The number of fused-ring (bicyclic) bond motifs is 2. The van der Waals surface area contributed by atoms with Gasteiger partial charge < -0.3 is 24.2 Å². The van der Waals surface area contributed by atoms with E-state index in [4.69, 9.17) is 13.9 Å². The summed E-state index contributed by atoms with van der Waals surface area (Å²) >= 11 is 0. The number of carbonyl (C=O) groups excluding carboxylic acids is 2. The van der Waals surface area contributed by atoms with Crippen molar-refractivity contribution in [3.63, 3.8) is 0 Å². The van der Waals surface area contributed by atoms with Crippen LogP contribution < -0.4 is 15.7 Å².